The minimum atomic E-state index is -0.270. The molecule has 0 radical (unpaired) electrons. The van der Waals surface area contributed by atoms with Gasteiger partial charge in [0.05, 0.1) is 29.2 Å². The molecule has 1 aliphatic heterocycles. The lowest BCUT2D eigenvalue weighted by Crippen LogP contribution is -2.41. The van der Waals surface area contributed by atoms with Gasteiger partial charge in [0, 0.05) is 19.5 Å². The summed E-state index contributed by atoms with van der Waals surface area (Å²) in [6.07, 6.45) is 8.25. The maximum absolute atomic E-state index is 12.4. The lowest BCUT2D eigenvalue weighted by molar-refractivity contribution is 0.0921. The first kappa shape index (κ1) is 13.4. The molecule has 1 N–H and O–H groups in total. The number of rotatable bonds is 5. The summed E-state index contributed by atoms with van der Waals surface area (Å²) in [5.41, 5.74) is 1.06. The van der Waals surface area contributed by atoms with Crippen molar-refractivity contribution in [3.63, 3.8) is 0 Å². The van der Waals surface area contributed by atoms with Gasteiger partial charge in [0.1, 0.15) is 6.10 Å². The summed E-state index contributed by atoms with van der Waals surface area (Å²) in [7, 11) is 1.61. The van der Waals surface area contributed by atoms with Gasteiger partial charge in [-0.1, -0.05) is 0 Å². The summed E-state index contributed by atoms with van der Waals surface area (Å²) in [6, 6.07) is 3.70. The normalized spacial score (nSPS) is 24.8. The minimum absolute atomic E-state index is 0.0326. The van der Waals surface area contributed by atoms with Crippen molar-refractivity contribution in [1.29, 1.82) is 0 Å². The number of methoxy groups -OCH3 is 1. The highest BCUT2D eigenvalue weighted by atomic mass is 16.8. The van der Waals surface area contributed by atoms with Crippen LogP contribution in [0.5, 0.6) is 0 Å². The van der Waals surface area contributed by atoms with Crippen LogP contribution >= 0.6 is 0 Å². The average molecular weight is 300 g/mol. The lowest BCUT2D eigenvalue weighted by Gasteiger charge is -2.13. The second-order valence-electron chi connectivity index (χ2n) is 5.66. The first-order valence-corrected chi connectivity index (χ1v) is 7.18. The van der Waals surface area contributed by atoms with E-state index in [-0.39, 0.29) is 23.8 Å². The standard InChI is InChI=1S/C15H16N4O3/c1-21-14-12(22-14)15(4-5-15)18-13(20)10-7-17-19(9-10)11-3-2-6-16-8-11/h2-3,6-9,12,14H,4-5H2,1H3,(H,18,20). The van der Waals surface area contributed by atoms with E-state index in [0.717, 1.165) is 18.5 Å². The van der Waals surface area contributed by atoms with Gasteiger partial charge in [0.25, 0.3) is 5.91 Å². The topological polar surface area (TPSA) is 81.6 Å². The maximum atomic E-state index is 12.4. The Bertz CT molecular complexity index is 696. The fourth-order valence-corrected chi connectivity index (χ4v) is 2.65. The number of pyridine rings is 1. The van der Waals surface area contributed by atoms with E-state index in [2.05, 4.69) is 15.4 Å². The summed E-state index contributed by atoms with van der Waals surface area (Å²) in [5, 5.41) is 7.27. The van der Waals surface area contributed by atoms with Gasteiger partial charge in [-0.2, -0.15) is 5.10 Å². The van der Waals surface area contributed by atoms with Crippen LogP contribution in [0.15, 0.2) is 36.9 Å². The Morgan fingerprint density at radius 2 is 2.36 bits per heavy atom. The Morgan fingerprint density at radius 1 is 1.50 bits per heavy atom. The molecule has 4 rings (SSSR count). The van der Waals surface area contributed by atoms with E-state index in [9.17, 15) is 4.79 Å². The highest BCUT2D eigenvalue weighted by Gasteiger charge is 2.63. The largest absolute Gasteiger partial charge is 0.353 e. The van der Waals surface area contributed by atoms with Crippen LogP contribution in [0, 0.1) is 0 Å². The highest BCUT2D eigenvalue weighted by molar-refractivity contribution is 5.94. The number of epoxide rings is 1. The molecule has 7 heteroatoms. The van der Waals surface area contributed by atoms with Crippen molar-refractivity contribution in [2.45, 2.75) is 30.8 Å². The van der Waals surface area contributed by atoms with Gasteiger partial charge >= 0.3 is 0 Å². The monoisotopic (exact) mass is 300 g/mol. The van der Waals surface area contributed by atoms with Crippen LogP contribution in [-0.4, -0.2) is 45.7 Å². The molecule has 7 nitrogen and oxygen atoms in total. The average Bonchev–Trinajstić information content (AvgIpc) is 3.45. The zero-order valence-electron chi connectivity index (χ0n) is 12.1. The molecule has 2 atom stereocenters. The zero-order valence-corrected chi connectivity index (χ0v) is 12.1. The zero-order chi connectivity index (χ0) is 15.2. The van der Waals surface area contributed by atoms with Crippen LogP contribution in [0.4, 0.5) is 0 Å². The quantitative estimate of drug-likeness (QED) is 0.830. The molecule has 3 heterocycles. The van der Waals surface area contributed by atoms with E-state index in [4.69, 9.17) is 9.47 Å². The molecule has 2 unspecified atom stereocenters. The Hall–Kier alpha value is -2.25. The summed E-state index contributed by atoms with van der Waals surface area (Å²) in [6.45, 7) is 0. The molecule has 2 aromatic rings. The van der Waals surface area contributed by atoms with E-state index in [1.165, 1.54) is 0 Å². The molecule has 114 valence electrons. The number of ether oxygens (including phenoxy) is 2. The molecule has 2 fully saturated rings. The third-order valence-corrected chi connectivity index (χ3v) is 4.13. The van der Waals surface area contributed by atoms with Crippen molar-refractivity contribution in [3.05, 3.63) is 42.5 Å². The van der Waals surface area contributed by atoms with E-state index in [0.29, 0.717) is 5.56 Å². The second kappa shape index (κ2) is 4.89. The van der Waals surface area contributed by atoms with Gasteiger partial charge in [0.15, 0.2) is 6.29 Å². The fourth-order valence-electron chi connectivity index (χ4n) is 2.65. The summed E-state index contributed by atoms with van der Waals surface area (Å²) >= 11 is 0. The van der Waals surface area contributed by atoms with E-state index in [1.54, 1.807) is 36.6 Å². The molecule has 1 amide bonds. The predicted molar refractivity (Wildman–Crippen MR) is 76.5 cm³/mol. The Balaban J connectivity index is 1.47. The third-order valence-electron chi connectivity index (χ3n) is 4.13. The van der Waals surface area contributed by atoms with Crippen LogP contribution in [-0.2, 0) is 9.47 Å². The number of nitrogens with one attached hydrogen (secondary N) is 1. The molecule has 0 aromatic carbocycles. The Labute approximate surface area is 127 Å². The van der Waals surface area contributed by atoms with Crippen molar-refractivity contribution in [1.82, 2.24) is 20.1 Å². The van der Waals surface area contributed by atoms with Crippen molar-refractivity contribution in [2.24, 2.45) is 0 Å². The van der Waals surface area contributed by atoms with Gasteiger partial charge in [0.2, 0.25) is 0 Å². The lowest BCUT2D eigenvalue weighted by atomic mass is 10.1. The van der Waals surface area contributed by atoms with Crippen LogP contribution < -0.4 is 5.32 Å². The molecule has 0 spiro atoms. The molecular weight excluding hydrogens is 284 g/mol. The minimum Gasteiger partial charge on any atom is -0.353 e. The molecule has 1 aliphatic carbocycles. The van der Waals surface area contributed by atoms with Crippen LogP contribution in [0.3, 0.4) is 0 Å². The first-order valence-electron chi connectivity index (χ1n) is 7.18. The maximum Gasteiger partial charge on any atom is 0.255 e. The predicted octanol–water partition coefficient (Wildman–Crippen LogP) is 0.901. The van der Waals surface area contributed by atoms with E-state index in [1.807, 2.05) is 12.1 Å². The number of aromatic nitrogens is 3. The van der Waals surface area contributed by atoms with E-state index < -0.39 is 0 Å². The summed E-state index contributed by atoms with van der Waals surface area (Å²) < 4.78 is 12.2. The van der Waals surface area contributed by atoms with Gasteiger partial charge < -0.3 is 14.8 Å². The van der Waals surface area contributed by atoms with Gasteiger partial charge in [-0.25, -0.2) is 4.68 Å². The Morgan fingerprint density at radius 3 is 3.00 bits per heavy atom. The van der Waals surface area contributed by atoms with Crippen LogP contribution in [0.25, 0.3) is 5.69 Å². The number of hydrogen-bond acceptors (Lipinski definition) is 5. The molecule has 22 heavy (non-hydrogen) atoms. The highest BCUT2D eigenvalue weighted by Crippen LogP contribution is 2.48. The number of amides is 1. The molecule has 1 saturated carbocycles. The van der Waals surface area contributed by atoms with E-state index >= 15 is 0 Å². The number of carbonyl (C=O) groups is 1. The molecule has 2 aliphatic rings. The van der Waals surface area contributed by atoms with Gasteiger partial charge in [-0.15, -0.1) is 0 Å². The molecular formula is C15H16N4O3. The first-order chi connectivity index (χ1) is 10.7. The van der Waals surface area contributed by atoms with Crippen molar-refractivity contribution in [2.75, 3.05) is 7.11 Å². The van der Waals surface area contributed by atoms with Crippen molar-refractivity contribution in [3.8, 4) is 5.69 Å². The molecule has 0 bridgehead atoms. The van der Waals surface area contributed by atoms with Gasteiger partial charge in [-0.3, -0.25) is 9.78 Å². The van der Waals surface area contributed by atoms with Crippen molar-refractivity contribution < 1.29 is 14.3 Å². The smallest absolute Gasteiger partial charge is 0.255 e. The summed E-state index contributed by atoms with van der Waals surface area (Å²) in [5.74, 6) is -0.141. The second-order valence-corrected chi connectivity index (χ2v) is 5.66. The SMILES string of the molecule is COC1OC1C1(NC(=O)c2cnn(-c3cccnc3)c2)CC1. The Kier molecular flexibility index (Phi) is 2.98. The number of hydrogen-bond donors (Lipinski definition) is 1. The molecule has 2 aromatic heterocycles. The van der Waals surface area contributed by atoms with Crippen LogP contribution in [0.1, 0.15) is 23.2 Å². The molecule has 1 saturated heterocycles. The number of nitrogens with zero attached hydrogens (tertiary/aromatic N) is 3. The van der Waals surface area contributed by atoms with Crippen LogP contribution in [0.2, 0.25) is 0 Å². The fraction of sp³-hybridized carbons (Fsp3) is 0.400. The number of carbonyl (C=O) groups excluding carboxylic acids is 1. The van der Waals surface area contributed by atoms with Gasteiger partial charge in [-0.05, 0) is 25.0 Å². The summed E-state index contributed by atoms with van der Waals surface area (Å²) in [4.78, 5) is 16.4. The van der Waals surface area contributed by atoms with Crippen molar-refractivity contribution >= 4 is 5.91 Å². The third kappa shape index (κ3) is 2.28.